The molecule has 16 heavy (non-hydrogen) atoms. The molecule has 0 amide bonds. The second kappa shape index (κ2) is 6.54. The molecule has 1 heterocycles. The molecule has 0 aliphatic carbocycles. The molecule has 1 fully saturated rings. The van der Waals surface area contributed by atoms with Crippen LogP contribution in [0.4, 0.5) is 0 Å². The summed E-state index contributed by atoms with van der Waals surface area (Å²) in [4.78, 5) is 0. The second-order valence-corrected chi connectivity index (χ2v) is 6.25. The Kier molecular flexibility index (Phi) is 5.68. The summed E-state index contributed by atoms with van der Waals surface area (Å²) in [6, 6.07) is 0. The quantitative estimate of drug-likeness (QED) is 0.676. The SMILES string of the molecule is CCCCN(C)S(=O)(=O)NCC1CCNC1. The van der Waals surface area contributed by atoms with Crippen LogP contribution in [0.3, 0.4) is 0 Å². The average Bonchev–Trinajstić information content (AvgIpc) is 2.76. The summed E-state index contributed by atoms with van der Waals surface area (Å²) in [5, 5.41) is 3.22. The van der Waals surface area contributed by atoms with Crippen LogP contribution in [0.5, 0.6) is 0 Å². The van der Waals surface area contributed by atoms with E-state index in [9.17, 15) is 8.42 Å². The highest BCUT2D eigenvalue weighted by Crippen LogP contribution is 2.07. The van der Waals surface area contributed by atoms with Crippen molar-refractivity contribution >= 4 is 10.2 Å². The Balaban J connectivity index is 2.32. The second-order valence-electron chi connectivity index (χ2n) is 4.39. The zero-order chi connectivity index (χ0) is 12.0. The molecule has 5 nitrogen and oxygen atoms in total. The Bertz CT molecular complexity index is 286. The lowest BCUT2D eigenvalue weighted by Gasteiger charge is -2.18. The minimum atomic E-state index is -3.26. The highest BCUT2D eigenvalue weighted by atomic mass is 32.2. The maximum Gasteiger partial charge on any atom is 0.279 e. The van der Waals surface area contributed by atoms with Gasteiger partial charge in [0, 0.05) is 20.1 Å². The summed E-state index contributed by atoms with van der Waals surface area (Å²) < 4.78 is 27.6. The van der Waals surface area contributed by atoms with Crippen LogP contribution >= 0.6 is 0 Å². The van der Waals surface area contributed by atoms with E-state index in [1.807, 2.05) is 0 Å². The van der Waals surface area contributed by atoms with E-state index in [1.54, 1.807) is 7.05 Å². The zero-order valence-electron chi connectivity index (χ0n) is 10.2. The standard InChI is InChI=1S/C10H23N3O2S/c1-3-4-7-13(2)16(14,15)12-9-10-5-6-11-8-10/h10-12H,3-9H2,1-2H3. The van der Waals surface area contributed by atoms with E-state index in [-0.39, 0.29) is 0 Å². The Hall–Kier alpha value is -0.170. The van der Waals surface area contributed by atoms with Crippen molar-refractivity contribution < 1.29 is 8.42 Å². The van der Waals surface area contributed by atoms with E-state index in [1.165, 1.54) is 4.31 Å². The fourth-order valence-corrected chi connectivity index (χ4v) is 2.76. The summed E-state index contributed by atoms with van der Waals surface area (Å²) in [5.41, 5.74) is 0. The lowest BCUT2D eigenvalue weighted by atomic mass is 10.1. The third-order valence-corrected chi connectivity index (χ3v) is 4.49. The van der Waals surface area contributed by atoms with Gasteiger partial charge in [0.25, 0.3) is 10.2 Å². The topological polar surface area (TPSA) is 61.4 Å². The third kappa shape index (κ3) is 4.37. The van der Waals surface area contributed by atoms with Gasteiger partial charge in [-0.25, -0.2) is 4.72 Å². The zero-order valence-corrected chi connectivity index (χ0v) is 11.0. The Labute approximate surface area is 98.8 Å². The van der Waals surface area contributed by atoms with Crippen molar-refractivity contribution in [2.24, 2.45) is 5.92 Å². The highest BCUT2D eigenvalue weighted by molar-refractivity contribution is 7.87. The smallest absolute Gasteiger partial charge is 0.279 e. The number of hydrogen-bond acceptors (Lipinski definition) is 3. The van der Waals surface area contributed by atoms with Crippen LogP contribution in [-0.2, 0) is 10.2 Å². The first-order valence-corrected chi connectivity index (χ1v) is 7.42. The van der Waals surface area contributed by atoms with Crippen LogP contribution in [-0.4, -0.2) is 45.9 Å². The van der Waals surface area contributed by atoms with Gasteiger partial charge in [0.15, 0.2) is 0 Å². The largest absolute Gasteiger partial charge is 0.316 e. The number of nitrogens with one attached hydrogen (secondary N) is 2. The van der Waals surface area contributed by atoms with E-state index in [4.69, 9.17) is 0 Å². The van der Waals surface area contributed by atoms with Crippen molar-refractivity contribution in [2.75, 3.05) is 33.2 Å². The van der Waals surface area contributed by atoms with Gasteiger partial charge < -0.3 is 5.32 Å². The summed E-state index contributed by atoms with van der Waals surface area (Å²) in [6.45, 7) is 5.11. The molecule has 0 saturated carbocycles. The van der Waals surface area contributed by atoms with Crippen molar-refractivity contribution in [2.45, 2.75) is 26.2 Å². The molecule has 0 aromatic heterocycles. The van der Waals surface area contributed by atoms with Gasteiger partial charge in [0.2, 0.25) is 0 Å². The van der Waals surface area contributed by atoms with Crippen LogP contribution in [0, 0.1) is 5.92 Å². The molecule has 0 aromatic rings. The fraction of sp³-hybridized carbons (Fsp3) is 1.00. The molecular weight excluding hydrogens is 226 g/mol. The van der Waals surface area contributed by atoms with Gasteiger partial charge >= 0.3 is 0 Å². The lowest BCUT2D eigenvalue weighted by molar-refractivity contribution is 0.441. The van der Waals surface area contributed by atoms with Crippen LogP contribution in [0.25, 0.3) is 0 Å². The van der Waals surface area contributed by atoms with Crippen LogP contribution in [0.1, 0.15) is 26.2 Å². The van der Waals surface area contributed by atoms with E-state index >= 15 is 0 Å². The summed E-state index contributed by atoms with van der Waals surface area (Å²) >= 11 is 0. The van der Waals surface area contributed by atoms with Crippen LogP contribution in [0.2, 0.25) is 0 Å². The summed E-state index contributed by atoms with van der Waals surface area (Å²) in [7, 11) is -1.63. The molecule has 0 spiro atoms. The monoisotopic (exact) mass is 249 g/mol. The molecule has 0 aromatic carbocycles. The first-order chi connectivity index (χ1) is 7.56. The molecular formula is C10H23N3O2S. The maximum atomic E-state index is 11.8. The minimum absolute atomic E-state index is 0.439. The van der Waals surface area contributed by atoms with Crippen molar-refractivity contribution in [1.82, 2.24) is 14.3 Å². The number of hydrogen-bond donors (Lipinski definition) is 2. The predicted octanol–water partition coefficient (Wildman–Crippen LogP) is 0.162. The molecule has 1 unspecified atom stereocenters. The molecule has 1 aliphatic heterocycles. The van der Waals surface area contributed by atoms with Crippen molar-refractivity contribution in [1.29, 1.82) is 0 Å². The molecule has 96 valence electrons. The highest BCUT2D eigenvalue weighted by Gasteiger charge is 2.20. The van der Waals surface area contributed by atoms with Gasteiger partial charge in [-0.2, -0.15) is 12.7 Å². The van der Waals surface area contributed by atoms with Crippen molar-refractivity contribution in [3.8, 4) is 0 Å². The molecule has 1 rings (SSSR count). The number of rotatable bonds is 7. The molecule has 1 aliphatic rings. The Morgan fingerprint density at radius 3 is 2.81 bits per heavy atom. The van der Waals surface area contributed by atoms with E-state index in [0.29, 0.717) is 19.0 Å². The van der Waals surface area contributed by atoms with E-state index in [2.05, 4.69) is 17.0 Å². The number of unbranched alkanes of at least 4 members (excludes halogenated alkanes) is 1. The number of nitrogens with zero attached hydrogens (tertiary/aromatic N) is 1. The summed E-state index contributed by atoms with van der Waals surface area (Å²) in [6.07, 6.45) is 2.97. The van der Waals surface area contributed by atoms with Crippen LogP contribution < -0.4 is 10.0 Å². The Morgan fingerprint density at radius 1 is 1.50 bits per heavy atom. The molecule has 1 atom stereocenters. The normalized spacial score (nSPS) is 21.8. The fourth-order valence-electron chi connectivity index (χ4n) is 1.72. The minimum Gasteiger partial charge on any atom is -0.316 e. The molecule has 2 N–H and O–H groups in total. The van der Waals surface area contributed by atoms with E-state index in [0.717, 1.165) is 32.4 Å². The third-order valence-electron chi connectivity index (χ3n) is 2.95. The first-order valence-electron chi connectivity index (χ1n) is 5.98. The van der Waals surface area contributed by atoms with Gasteiger partial charge in [-0.05, 0) is 31.8 Å². The van der Waals surface area contributed by atoms with Gasteiger partial charge in [-0.1, -0.05) is 13.3 Å². The van der Waals surface area contributed by atoms with Crippen molar-refractivity contribution in [3.05, 3.63) is 0 Å². The van der Waals surface area contributed by atoms with Gasteiger partial charge in [0.1, 0.15) is 0 Å². The summed E-state index contributed by atoms with van der Waals surface area (Å²) in [5.74, 6) is 0.439. The Morgan fingerprint density at radius 2 is 2.25 bits per heavy atom. The van der Waals surface area contributed by atoms with E-state index < -0.39 is 10.2 Å². The molecule has 0 bridgehead atoms. The lowest BCUT2D eigenvalue weighted by Crippen LogP contribution is -2.41. The maximum absolute atomic E-state index is 11.8. The average molecular weight is 249 g/mol. The molecule has 1 saturated heterocycles. The molecule has 6 heteroatoms. The van der Waals surface area contributed by atoms with Gasteiger partial charge in [-0.3, -0.25) is 0 Å². The van der Waals surface area contributed by atoms with Crippen molar-refractivity contribution in [3.63, 3.8) is 0 Å². The van der Waals surface area contributed by atoms with Gasteiger partial charge in [0.05, 0.1) is 0 Å². The van der Waals surface area contributed by atoms with Gasteiger partial charge in [-0.15, -0.1) is 0 Å². The van der Waals surface area contributed by atoms with Crippen LogP contribution in [0.15, 0.2) is 0 Å². The predicted molar refractivity (Wildman–Crippen MR) is 65.4 cm³/mol. The first kappa shape index (κ1) is 13.9. The molecule has 0 radical (unpaired) electrons.